The molecule has 0 aromatic heterocycles. The van der Waals surface area contributed by atoms with Crippen molar-refractivity contribution in [3.63, 3.8) is 0 Å². The first kappa shape index (κ1) is 13.7. The van der Waals surface area contributed by atoms with E-state index in [0.29, 0.717) is 5.71 Å². The third-order valence-corrected chi connectivity index (χ3v) is 3.43. The molecule has 1 atom stereocenters. The van der Waals surface area contributed by atoms with Crippen molar-refractivity contribution >= 4 is 11.6 Å². The maximum atomic E-state index is 12.5. The minimum atomic E-state index is -1.12. The summed E-state index contributed by atoms with van der Waals surface area (Å²) in [5.74, 6) is -0.530. The van der Waals surface area contributed by atoms with Crippen molar-refractivity contribution in [1.82, 2.24) is 5.06 Å². The first-order valence-corrected chi connectivity index (χ1v) is 6.19. The third kappa shape index (κ3) is 2.27. The van der Waals surface area contributed by atoms with Crippen molar-refractivity contribution in [3.8, 4) is 0 Å². The van der Waals surface area contributed by atoms with Crippen LogP contribution in [0.25, 0.3) is 0 Å². The van der Waals surface area contributed by atoms with Gasteiger partial charge in [0.25, 0.3) is 0 Å². The van der Waals surface area contributed by atoms with Crippen LogP contribution in [0, 0.1) is 0 Å². The van der Waals surface area contributed by atoms with Crippen LogP contribution in [0.3, 0.4) is 0 Å². The maximum absolute atomic E-state index is 12.5. The fourth-order valence-electron chi connectivity index (χ4n) is 2.58. The number of primary amides is 1. The highest BCUT2D eigenvalue weighted by Crippen LogP contribution is 2.37. The summed E-state index contributed by atoms with van der Waals surface area (Å²) in [7, 11) is 0. The summed E-state index contributed by atoms with van der Waals surface area (Å²) in [5, 5.41) is 13.3. The molecule has 5 nitrogen and oxygen atoms in total. The highest BCUT2D eigenvalue weighted by molar-refractivity contribution is 6.08. The molecule has 1 aromatic carbocycles. The molecule has 1 radical (unpaired) electrons. The van der Waals surface area contributed by atoms with E-state index >= 15 is 0 Å². The number of nitrogens with zero attached hydrogens (tertiary/aromatic N) is 2. The zero-order valence-corrected chi connectivity index (χ0v) is 11.4. The van der Waals surface area contributed by atoms with Gasteiger partial charge >= 0.3 is 0 Å². The number of hydroxylamine groups is 2. The van der Waals surface area contributed by atoms with Gasteiger partial charge in [-0.05, 0) is 26.3 Å². The van der Waals surface area contributed by atoms with Crippen LogP contribution in [-0.4, -0.2) is 27.9 Å². The molecule has 0 spiro atoms. The van der Waals surface area contributed by atoms with Crippen LogP contribution in [0.15, 0.2) is 35.3 Å². The average molecular weight is 260 g/mol. The van der Waals surface area contributed by atoms with Crippen molar-refractivity contribution in [2.24, 2.45) is 10.7 Å². The van der Waals surface area contributed by atoms with Gasteiger partial charge in [0.1, 0.15) is 5.66 Å². The molecule has 19 heavy (non-hydrogen) atoms. The quantitative estimate of drug-likeness (QED) is 0.894. The molecule has 1 amide bonds. The number of benzene rings is 1. The Morgan fingerprint density at radius 3 is 2.37 bits per heavy atom. The first-order valence-electron chi connectivity index (χ1n) is 6.19. The van der Waals surface area contributed by atoms with Crippen LogP contribution in [0.4, 0.5) is 0 Å². The molecule has 1 aliphatic rings. The second-order valence-electron chi connectivity index (χ2n) is 5.54. The van der Waals surface area contributed by atoms with Crippen LogP contribution in [0.2, 0.25) is 0 Å². The van der Waals surface area contributed by atoms with Gasteiger partial charge in [-0.15, -0.1) is 10.3 Å². The van der Waals surface area contributed by atoms with Crippen LogP contribution in [0.1, 0.15) is 32.8 Å². The number of aliphatic imine (C=N–C) groups is 1. The van der Waals surface area contributed by atoms with Gasteiger partial charge in [-0.3, -0.25) is 9.79 Å². The van der Waals surface area contributed by atoms with Gasteiger partial charge in [0, 0.05) is 0 Å². The molecule has 1 aliphatic heterocycles. The molecule has 0 aliphatic carbocycles. The lowest BCUT2D eigenvalue weighted by atomic mass is 9.92. The van der Waals surface area contributed by atoms with Gasteiger partial charge in [-0.1, -0.05) is 30.3 Å². The molecule has 0 saturated heterocycles. The van der Waals surface area contributed by atoms with E-state index in [0.717, 1.165) is 10.6 Å². The van der Waals surface area contributed by atoms with Crippen molar-refractivity contribution < 1.29 is 10.0 Å². The lowest BCUT2D eigenvalue weighted by Crippen LogP contribution is -2.51. The Hall–Kier alpha value is -1.72. The maximum Gasteiger partial charge on any atom is 0.221 e. The Bertz CT molecular complexity index is 525. The van der Waals surface area contributed by atoms with Gasteiger partial charge < -0.3 is 5.73 Å². The van der Waals surface area contributed by atoms with Gasteiger partial charge in [0.2, 0.25) is 5.91 Å². The molecular weight excluding hydrogens is 242 g/mol. The number of amides is 1. The molecule has 1 heterocycles. The Morgan fingerprint density at radius 1 is 1.26 bits per heavy atom. The molecule has 101 valence electrons. The smallest absolute Gasteiger partial charge is 0.221 e. The highest BCUT2D eigenvalue weighted by Gasteiger charge is 2.51. The molecule has 1 aromatic rings. The van der Waals surface area contributed by atoms with Gasteiger partial charge in [0.05, 0.1) is 17.7 Å². The third-order valence-electron chi connectivity index (χ3n) is 3.43. The van der Waals surface area contributed by atoms with Crippen LogP contribution in [-0.2, 0) is 10.0 Å². The van der Waals surface area contributed by atoms with E-state index in [1.165, 1.54) is 0 Å². The SMILES string of the molecule is CC1(CC(N)=O)N=C(c2ccccc2)C(C)(C)N1[O]. The fourth-order valence-corrected chi connectivity index (χ4v) is 2.58. The van der Waals surface area contributed by atoms with Gasteiger partial charge in [0.15, 0.2) is 0 Å². The Morgan fingerprint density at radius 2 is 1.84 bits per heavy atom. The van der Waals surface area contributed by atoms with E-state index in [1.54, 1.807) is 20.8 Å². The van der Waals surface area contributed by atoms with E-state index in [1.807, 2.05) is 30.3 Å². The predicted molar refractivity (Wildman–Crippen MR) is 71.8 cm³/mol. The highest BCUT2D eigenvalue weighted by atomic mass is 16.5. The summed E-state index contributed by atoms with van der Waals surface area (Å²) in [5.41, 5.74) is 4.89. The molecular formula is C14H18N3O2. The minimum absolute atomic E-state index is 0.0870. The normalized spacial score (nSPS) is 26.2. The molecule has 0 saturated carbocycles. The van der Waals surface area contributed by atoms with E-state index in [2.05, 4.69) is 4.99 Å². The summed E-state index contributed by atoms with van der Waals surface area (Å²) in [4.78, 5) is 15.6. The standard InChI is InChI=1S/C14H18N3O2/c1-13(2)12(10-7-5-4-6-8-10)16-14(3,17(13)19)9-11(15)18/h4-8H,9H2,1-3H3,(H2,15,18). The second-order valence-corrected chi connectivity index (χ2v) is 5.54. The van der Waals surface area contributed by atoms with Crippen molar-refractivity contribution in [1.29, 1.82) is 0 Å². The van der Waals surface area contributed by atoms with Crippen LogP contribution >= 0.6 is 0 Å². The van der Waals surface area contributed by atoms with Gasteiger partial charge in [-0.25, -0.2) is 0 Å². The van der Waals surface area contributed by atoms with Crippen molar-refractivity contribution in [3.05, 3.63) is 35.9 Å². The average Bonchev–Trinajstić information content (AvgIpc) is 2.51. The number of hydrogen-bond donors (Lipinski definition) is 1. The number of hydrogen-bond acceptors (Lipinski definition) is 3. The first-order chi connectivity index (χ1) is 8.77. The largest absolute Gasteiger partial charge is 0.370 e. The van der Waals surface area contributed by atoms with E-state index < -0.39 is 17.1 Å². The van der Waals surface area contributed by atoms with Crippen LogP contribution in [0.5, 0.6) is 0 Å². The summed E-state index contributed by atoms with van der Waals surface area (Å²) >= 11 is 0. The summed E-state index contributed by atoms with van der Waals surface area (Å²) in [6.45, 7) is 5.25. The molecule has 2 rings (SSSR count). The zero-order chi connectivity index (χ0) is 14.3. The van der Waals surface area contributed by atoms with Gasteiger partial charge in [-0.2, -0.15) is 0 Å². The van der Waals surface area contributed by atoms with Crippen molar-refractivity contribution in [2.45, 2.75) is 38.4 Å². The van der Waals surface area contributed by atoms with Crippen LogP contribution < -0.4 is 5.73 Å². The Labute approximate surface area is 112 Å². The number of carbonyl (C=O) groups excluding carboxylic acids is 1. The fraction of sp³-hybridized carbons (Fsp3) is 0.429. The molecule has 0 fully saturated rings. The summed E-state index contributed by atoms with van der Waals surface area (Å²) in [6, 6.07) is 9.51. The Balaban J connectivity index is 2.48. The Kier molecular flexibility index (Phi) is 3.20. The molecule has 1 unspecified atom stereocenters. The summed E-state index contributed by atoms with van der Waals surface area (Å²) < 4.78 is 0. The van der Waals surface area contributed by atoms with Crippen molar-refractivity contribution in [2.75, 3.05) is 0 Å². The predicted octanol–water partition coefficient (Wildman–Crippen LogP) is 1.51. The topological polar surface area (TPSA) is 78.6 Å². The lowest BCUT2D eigenvalue weighted by Gasteiger charge is -2.33. The number of rotatable bonds is 3. The van der Waals surface area contributed by atoms with E-state index in [-0.39, 0.29) is 6.42 Å². The lowest BCUT2D eigenvalue weighted by molar-refractivity contribution is -0.246. The minimum Gasteiger partial charge on any atom is -0.370 e. The summed E-state index contributed by atoms with van der Waals surface area (Å²) in [6.07, 6.45) is -0.0870. The molecule has 5 heteroatoms. The number of carbonyl (C=O) groups is 1. The van der Waals surface area contributed by atoms with E-state index in [9.17, 15) is 10.0 Å². The molecule has 0 bridgehead atoms. The zero-order valence-electron chi connectivity index (χ0n) is 11.4. The number of nitrogens with two attached hydrogens (primary N) is 1. The monoisotopic (exact) mass is 260 g/mol. The molecule has 2 N–H and O–H groups in total. The van der Waals surface area contributed by atoms with E-state index in [4.69, 9.17) is 5.73 Å². The second kappa shape index (κ2) is 4.43.